The van der Waals surface area contributed by atoms with Crippen LogP contribution in [0.15, 0.2) is 40.9 Å². The van der Waals surface area contributed by atoms with Crippen molar-refractivity contribution in [2.45, 2.75) is 6.92 Å². The molecule has 0 aliphatic heterocycles. The molecule has 0 atom stereocenters. The number of benzene rings is 2. The van der Waals surface area contributed by atoms with Gasteiger partial charge in [0.1, 0.15) is 5.52 Å². The lowest BCUT2D eigenvalue weighted by molar-refractivity contribution is 0.0511. The largest absolute Gasteiger partial charge is 0.461 e. The van der Waals surface area contributed by atoms with E-state index in [0.29, 0.717) is 11.1 Å². The molecule has 0 unspecified atom stereocenters. The first-order valence-corrected chi connectivity index (χ1v) is 8.82. The van der Waals surface area contributed by atoms with Crippen molar-refractivity contribution in [1.29, 1.82) is 0 Å². The lowest BCUT2D eigenvalue weighted by atomic mass is 10.0. The minimum atomic E-state index is -2.16. The Morgan fingerprint density at radius 2 is 1.81 bits per heavy atom. The summed E-state index contributed by atoms with van der Waals surface area (Å²) in [6.07, 6.45) is 0.863. The number of rotatable bonds is 5. The monoisotopic (exact) mass is 433 g/mol. The first kappa shape index (κ1) is 20.3. The maximum Gasteiger partial charge on any atom is 0.358 e. The Balaban J connectivity index is 1.89. The number of oxazole rings is 1. The summed E-state index contributed by atoms with van der Waals surface area (Å²) in [5.41, 5.74) is -1.42. The van der Waals surface area contributed by atoms with Crippen molar-refractivity contribution >= 4 is 22.9 Å². The fourth-order valence-corrected chi connectivity index (χ4v) is 2.89. The van der Waals surface area contributed by atoms with Gasteiger partial charge in [-0.15, -0.1) is 0 Å². The van der Waals surface area contributed by atoms with Crippen LogP contribution in [0.25, 0.3) is 17.1 Å². The number of halogens is 4. The van der Waals surface area contributed by atoms with Crippen LogP contribution in [0.3, 0.4) is 0 Å². The molecule has 4 aromatic rings. The SMILES string of the molecule is CCOC(=O)c1c(C(=O)c2cc(F)c(F)c(F)c2F)cnn1-c1nc2ccccc2o1. The van der Waals surface area contributed by atoms with Crippen LogP contribution in [0.1, 0.15) is 33.3 Å². The lowest BCUT2D eigenvalue weighted by Crippen LogP contribution is -2.17. The van der Waals surface area contributed by atoms with Crippen LogP contribution in [0, 0.1) is 23.3 Å². The molecule has 0 aliphatic rings. The Kier molecular flexibility index (Phi) is 5.01. The molecule has 0 saturated heterocycles. The fourth-order valence-electron chi connectivity index (χ4n) is 2.89. The maximum atomic E-state index is 14.2. The lowest BCUT2D eigenvalue weighted by Gasteiger charge is -2.07. The Bertz CT molecular complexity index is 1310. The molecule has 7 nitrogen and oxygen atoms in total. The van der Waals surface area contributed by atoms with Crippen LogP contribution in [0.5, 0.6) is 0 Å². The van der Waals surface area contributed by atoms with E-state index in [1.165, 1.54) is 6.92 Å². The highest BCUT2D eigenvalue weighted by Crippen LogP contribution is 2.25. The van der Waals surface area contributed by atoms with Crippen LogP contribution >= 0.6 is 0 Å². The van der Waals surface area contributed by atoms with Crippen molar-refractivity contribution in [3.63, 3.8) is 0 Å². The smallest absolute Gasteiger partial charge is 0.358 e. The molecule has 31 heavy (non-hydrogen) atoms. The van der Waals surface area contributed by atoms with Crippen LogP contribution in [0.2, 0.25) is 0 Å². The van der Waals surface area contributed by atoms with Gasteiger partial charge in [0.25, 0.3) is 0 Å². The zero-order valence-corrected chi connectivity index (χ0v) is 15.7. The van der Waals surface area contributed by atoms with Crippen molar-refractivity contribution < 1.29 is 36.3 Å². The summed E-state index contributed by atoms with van der Waals surface area (Å²) >= 11 is 0. The van der Waals surface area contributed by atoms with Crippen molar-refractivity contribution in [2.24, 2.45) is 0 Å². The van der Waals surface area contributed by atoms with Gasteiger partial charge in [0.05, 0.1) is 23.9 Å². The predicted molar refractivity (Wildman–Crippen MR) is 96.8 cm³/mol. The molecule has 158 valence electrons. The molecule has 4 rings (SSSR count). The number of fused-ring (bicyclic) bond motifs is 1. The van der Waals surface area contributed by atoms with Crippen LogP contribution in [0.4, 0.5) is 17.6 Å². The number of carbonyl (C=O) groups excluding carboxylic acids is 2. The summed E-state index contributed by atoms with van der Waals surface area (Å²) in [5.74, 6) is -10.3. The fraction of sp³-hybridized carbons (Fsp3) is 0.100. The summed E-state index contributed by atoms with van der Waals surface area (Å²) in [4.78, 5) is 29.5. The zero-order chi connectivity index (χ0) is 22.3. The molecule has 0 aliphatic carbocycles. The van der Waals surface area contributed by atoms with Gasteiger partial charge in [0.2, 0.25) is 0 Å². The van der Waals surface area contributed by atoms with E-state index >= 15 is 0 Å². The average Bonchev–Trinajstić information content (AvgIpc) is 3.38. The van der Waals surface area contributed by atoms with Crippen molar-refractivity contribution in [1.82, 2.24) is 14.8 Å². The molecular formula is C20H11F4N3O4. The molecular weight excluding hydrogens is 422 g/mol. The number of hydrogen-bond donors (Lipinski definition) is 0. The molecule has 0 amide bonds. The Labute approximate surface area is 170 Å². The standard InChI is InChI=1S/C20H11F4N3O4/c1-2-30-19(29)17-10(18(28)9-7-11(21)15(23)16(24)14(9)22)8-25-27(17)20-26-12-5-3-4-6-13(12)31-20/h3-8H,2H2,1H3. The van der Waals surface area contributed by atoms with Gasteiger partial charge in [-0.1, -0.05) is 12.1 Å². The number of esters is 1. The minimum Gasteiger partial charge on any atom is -0.461 e. The molecule has 2 aromatic heterocycles. The third kappa shape index (κ3) is 3.33. The molecule has 0 radical (unpaired) electrons. The van der Waals surface area contributed by atoms with Crippen LogP contribution in [-0.2, 0) is 4.74 Å². The number of ketones is 1. The van der Waals surface area contributed by atoms with Crippen molar-refractivity contribution in [3.05, 3.63) is 76.6 Å². The quantitative estimate of drug-likeness (QED) is 0.156. The number of nitrogens with zero attached hydrogens (tertiary/aromatic N) is 3. The number of carbonyl (C=O) groups is 2. The van der Waals surface area contributed by atoms with Gasteiger partial charge in [0, 0.05) is 0 Å². The zero-order valence-electron chi connectivity index (χ0n) is 15.7. The van der Waals surface area contributed by atoms with E-state index in [2.05, 4.69) is 10.1 Å². The van der Waals surface area contributed by atoms with Crippen LogP contribution < -0.4 is 0 Å². The highest BCUT2D eigenvalue weighted by molar-refractivity contribution is 6.14. The summed E-state index contributed by atoms with van der Waals surface area (Å²) in [6, 6.07) is 6.59. The average molecular weight is 433 g/mol. The van der Waals surface area contributed by atoms with Gasteiger partial charge in [-0.05, 0) is 25.1 Å². The number of ether oxygens (including phenoxy) is 1. The van der Waals surface area contributed by atoms with E-state index in [4.69, 9.17) is 9.15 Å². The van der Waals surface area contributed by atoms with Gasteiger partial charge in [0.15, 0.2) is 40.3 Å². The molecule has 2 aromatic carbocycles. The van der Waals surface area contributed by atoms with Gasteiger partial charge in [-0.2, -0.15) is 14.8 Å². The molecule has 11 heteroatoms. The number of aromatic nitrogens is 3. The first-order valence-electron chi connectivity index (χ1n) is 8.82. The molecule has 0 bridgehead atoms. The third-order valence-corrected chi connectivity index (χ3v) is 4.29. The highest BCUT2D eigenvalue weighted by atomic mass is 19.2. The van der Waals surface area contributed by atoms with E-state index in [9.17, 15) is 27.2 Å². The Morgan fingerprint density at radius 3 is 2.52 bits per heavy atom. The molecule has 0 fully saturated rings. The van der Waals surface area contributed by atoms with Gasteiger partial charge < -0.3 is 9.15 Å². The van der Waals surface area contributed by atoms with E-state index in [-0.39, 0.29) is 18.7 Å². The first-order chi connectivity index (χ1) is 14.8. The molecule has 0 spiro atoms. The van der Waals surface area contributed by atoms with Crippen molar-refractivity contribution in [3.8, 4) is 6.01 Å². The predicted octanol–water partition coefficient (Wildman–Crippen LogP) is 3.98. The summed E-state index contributed by atoms with van der Waals surface area (Å²) in [5, 5.41) is 3.88. The van der Waals surface area contributed by atoms with E-state index in [1.807, 2.05) is 0 Å². The minimum absolute atomic E-state index is 0.0840. The van der Waals surface area contributed by atoms with Crippen molar-refractivity contribution in [2.75, 3.05) is 6.61 Å². The Morgan fingerprint density at radius 1 is 1.06 bits per heavy atom. The van der Waals surface area contributed by atoms with Gasteiger partial charge in [-0.3, -0.25) is 4.79 Å². The number of para-hydroxylation sites is 2. The molecule has 0 saturated carbocycles. The van der Waals surface area contributed by atoms with E-state index in [0.717, 1.165) is 10.9 Å². The molecule has 0 N–H and O–H groups in total. The second-order valence-electron chi connectivity index (χ2n) is 6.18. The third-order valence-electron chi connectivity index (χ3n) is 4.29. The summed E-state index contributed by atoms with van der Waals surface area (Å²) < 4.78 is 65.9. The van der Waals surface area contributed by atoms with E-state index < -0.39 is 51.8 Å². The Hall–Kier alpha value is -4.02. The van der Waals surface area contributed by atoms with Gasteiger partial charge >= 0.3 is 12.0 Å². The number of hydrogen-bond acceptors (Lipinski definition) is 6. The van der Waals surface area contributed by atoms with Crippen LogP contribution in [-0.4, -0.2) is 33.1 Å². The van der Waals surface area contributed by atoms with E-state index in [1.54, 1.807) is 24.3 Å². The summed E-state index contributed by atoms with van der Waals surface area (Å²) in [6.45, 7) is 1.42. The highest BCUT2D eigenvalue weighted by Gasteiger charge is 2.31. The molecule has 2 heterocycles. The second-order valence-corrected chi connectivity index (χ2v) is 6.18. The second kappa shape index (κ2) is 7.67. The normalized spacial score (nSPS) is 11.1. The topological polar surface area (TPSA) is 87.2 Å². The maximum absolute atomic E-state index is 14.2. The summed E-state index contributed by atoms with van der Waals surface area (Å²) in [7, 11) is 0. The van der Waals surface area contributed by atoms with Gasteiger partial charge in [-0.25, -0.2) is 22.4 Å².